The van der Waals surface area contributed by atoms with Crippen LogP contribution in [0.25, 0.3) is 0 Å². The molecule has 3 N–H and O–H groups in total. The van der Waals surface area contributed by atoms with E-state index in [2.05, 4.69) is 10.6 Å². The number of hydrogen-bond acceptors (Lipinski definition) is 7. The topological polar surface area (TPSA) is 126 Å². The van der Waals surface area contributed by atoms with Crippen molar-refractivity contribution in [2.75, 3.05) is 31.0 Å². The van der Waals surface area contributed by atoms with Gasteiger partial charge in [-0.1, -0.05) is 13.8 Å². The molecule has 10 nitrogen and oxygen atoms in total. The molecule has 2 aromatic carbocycles. The van der Waals surface area contributed by atoms with Gasteiger partial charge in [0.1, 0.15) is 23.1 Å². The number of nitrogens with zero attached hydrogens (tertiary/aromatic N) is 1. The van der Waals surface area contributed by atoms with Gasteiger partial charge in [-0.2, -0.15) is 0 Å². The van der Waals surface area contributed by atoms with E-state index >= 15 is 0 Å². The van der Waals surface area contributed by atoms with Crippen LogP contribution in [0.1, 0.15) is 47.0 Å². The highest BCUT2D eigenvalue weighted by atomic mass is 16.5. The van der Waals surface area contributed by atoms with Crippen LogP contribution in [0, 0.1) is 17.8 Å². The van der Waals surface area contributed by atoms with Crippen molar-refractivity contribution in [1.29, 1.82) is 0 Å². The summed E-state index contributed by atoms with van der Waals surface area (Å²) in [5.74, 6) is -1.26. The fourth-order valence-corrected chi connectivity index (χ4v) is 7.18. The summed E-state index contributed by atoms with van der Waals surface area (Å²) >= 11 is 0. The van der Waals surface area contributed by atoms with Gasteiger partial charge in [-0.3, -0.25) is 14.4 Å². The Morgan fingerprint density at radius 3 is 2.17 bits per heavy atom. The summed E-state index contributed by atoms with van der Waals surface area (Å²) in [6, 6.07) is 12.4. The molecule has 0 saturated carbocycles. The fraction of sp³-hybridized carbons (Fsp3) is 0.531. The number of nitrogens with one attached hydrogen (secondary N) is 2. The molecule has 2 aromatic rings. The largest absolute Gasteiger partial charge is 0.497 e. The summed E-state index contributed by atoms with van der Waals surface area (Å²) in [6.07, 6.45) is 1.47. The van der Waals surface area contributed by atoms with Crippen LogP contribution in [0.2, 0.25) is 0 Å². The highest BCUT2D eigenvalue weighted by Gasteiger charge is 2.78. The number of rotatable bonds is 11. The van der Waals surface area contributed by atoms with Gasteiger partial charge in [0.15, 0.2) is 0 Å². The smallest absolute Gasteiger partial charge is 0.250 e. The molecule has 5 rings (SSSR count). The maximum atomic E-state index is 14.4. The molecule has 0 radical (unpaired) electrons. The third-order valence-electron chi connectivity index (χ3n) is 8.88. The normalized spacial score (nSPS) is 28.5. The Bertz CT molecular complexity index is 1310. The van der Waals surface area contributed by atoms with Gasteiger partial charge in [-0.05, 0) is 87.6 Å². The summed E-state index contributed by atoms with van der Waals surface area (Å²) in [5.41, 5.74) is -1.00. The van der Waals surface area contributed by atoms with Crippen LogP contribution >= 0.6 is 0 Å². The van der Waals surface area contributed by atoms with Crippen LogP contribution in [0.15, 0.2) is 48.5 Å². The van der Waals surface area contributed by atoms with Crippen molar-refractivity contribution in [2.45, 2.75) is 70.2 Å². The Hall–Kier alpha value is -3.63. The number of carbonyl (C=O) groups is 3. The standard InChI is InChI=1S/C32H41N3O7/c1-6-41-24-13-9-20(10-14-24)33-28(37)25-26-30(39)35(22(18-36)17-19(2)3)27(32(26)16-15-31(25,4)42-32)29(38)34-21-7-11-23(40-5)12-8-21/h7-14,19,22,25-27,36H,6,15-18H2,1-5H3,(H,33,37)(H,34,38)/t22-,25-,26+,27?,31+,32?/m1/s1. The monoisotopic (exact) mass is 579 g/mol. The highest BCUT2D eigenvalue weighted by molar-refractivity contribution is 6.05. The molecule has 226 valence electrons. The molecule has 1 spiro atoms. The second-order valence-corrected chi connectivity index (χ2v) is 12.1. The number of amides is 3. The predicted octanol–water partition coefficient (Wildman–Crippen LogP) is 3.84. The van der Waals surface area contributed by atoms with E-state index in [9.17, 15) is 19.5 Å². The Balaban J connectivity index is 1.49. The average Bonchev–Trinajstić information content (AvgIpc) is 3.53. The molecule has 2 bridgehead atoms. The Morgan fingerprint density at radius 1 is 1.02 bits per heavy atom. The van der Waals surface area contributed by atoms with Gasteiger partial charge in [0.2, 0.25) is 17.7 Å². The fourth-order valence-electron chi connectivity index (χ4n) is 7.18. The molecule has 6 atom stereocenters. The zero-order valence-electron chi connectivity index (χ0n) is 24.9. The lowest BCUT2D eigenvalue weighted by molar-refractivity contribution is -0.147. The summed E-state index contributed by atoms with van der Waals surface area (Å²) in [4.78, 5) is 43.9. The summed E-state index contributed by atoms with van der Waals surface area (Å²) < 4.78 is 17.4. The van der Waals surface area contributed by atoms with E-state index in [4.69, 9.17) is 14.2 Å². The van der Waals surface area contributed by atoms with Crippen molar-refractivity contribution in [3.8, 4) is 11.5 Å². The zero-order valence-corrected chi connectivity index (χ0v) is 24.9. The van der Waals surface area contributed by atoms with Crippen LogP contribution in [-0.4, -0.2) is 71.3 Å². The molecule has 3 amide bonds. The van der Waals surface area contributed by atoms with Crippen LogP contribution in [-0.2, 0) is 19.1 Å². The number of likely N-dealkylation sites (tertiary alicyclic amines) is 1. The van der Waals surface area contributed by atoms with Crippen molar-refractivity contribution < 1.29 is 33.7 Å². The second kappa shape index (κ2) is 11.6. The third kappa shape index (κ3) is 5.11. The number of hydrogen-bond donors (Lipinski definition) is 3. The minimum Gasteiger partial charge on any atom is -0.497 e. The van der Waals surface area contributed by atoms with Gasteiger partial charge in [0, 0.05) is 11.4 Å². The van der Waals surface area contributed by atoms with Gasteiger partial charge in [0.05, 0.1) is 43.8 Å². The maximum Gasteiger partial charge on any atom is 0.250 e. The SMILES string of the molecule is CCOc1ccc(NC(=O)[C@H]2[C@H]3C(=O)N([C@@H](CO)CC(C)C)C(C(=O)Nc4ccc(OC)cc4)C34CC[C@]2(C)O4)cc1. The minimum atomic E-state index is -1.20. The molecule has 10 heteroatoms. The van der Waals surface area contributed by atoms with E-state index in [1.807, 2.05) is 27.7 Å². The lowest BCUT2D eigenvalue weighted by Gasteiger charge is -2.37. The number of ether oxygens (including phenoxy) is 3. The first-order valence-corrected chi connectivity index (χ1v) is 14.7. The van der Waals surface area contributed by atoms with E-state index in [0.29, 0.717) is 48.7 Å². The lowest BCUT2D eigenvalue weighted by atomic mass is 9.66. The van der Waals surface area contributed by atoms with Crippen molar-refractivity contribution in [3.63, 3.8) is 0 Å². The van der Waals surface area contributed by atoms with Gasteiger partial charge in [-0.25, -0.2) is 0 Å². The molecule has 3 aliphatic heterocycles. The number of benzene rings is 2. The molecule has 2 unspecified atom stereocenters. The lowest BCUT2D eigenvalue weighted by Crippen LogP contribution is -2.56. The van der Waals surface area contributed by atoms with Crippen molar-refractivity contribution in [2.24, 2.45) is 17.8 Å². The predicted molar refractivity (Wildman–Crippen MR) is 157 cm³/mol. The first-order valence-electron chi connectivity index (χ1n) is 14.7. The molecular weight excluding hydrogens is 538 g/mol. The number of fused-ring (bicyclic) bond motifs is 1. The summed E-state index contributed by atoms with van der Waals surface area (Å²) in [6.45, 7) is 7.99. The number of methoxy groups -OCH3 is 1. The van der Waals surface area contributed by atoms with E-state index < -0.39 is 41.0 Å². The van der Waals surface area contributed by atoms with Crippen LogP contribution in [0.5, 0.6) is 11.5 Å². The Labute approximate surface area is 246 Å². The third-order valence-corrected chi connectivity index (χ3v) is 8.88. The summed E-state index contributed by atoms with van der Waals surface area (Å²) in [5, 5.41) is 16.4. The maximum absolute atomic E-state index is 14.4. The first kappa shape index (κ1) is 29.8. The van der Waals surface area contributed by atoms with E-state index in [-0.39, 0.29) is 24.3 Å². The van der Waals surface area contributed by atoms with E-state index in [0.717, 1.165) is 0 Å². The number of anilines is 2. The number of aliphatic hydroxyl groups excluding tert-OH is 1. The summed E-state index contributed by atoms with van der Waals surface area (Å²) in [7, 11) is 1.57. The van der Waals surface area contributed by atoms with Gasteiger partial charge in [0.25, 0.3) is 0 Å². The molecule has 3 aliphatic rings. The first-order chi connectivity index (χ1) is 20.1. The van der Waals surface area contributed by atoms with Crippen LogP contribution in [0.4, 0.5) is 11.4 Å². The molecule has 3 heterocycles. The number of carbonyl (C=O) groups excluding carboxylic acids is 3. The van der Waals surface area contributed by atoms with Gasteiger partial charge < -0.3 is 34.9 Å². The molecule has 42 heavy (non-hydrogen) atoms. The van der Waals surface area contributed by atoms with Crippen LogP contribution in [0.3, 0.4) is 0 Å². The van der Waals surface area contributed by atoms with Gasteiger partial charge >= 0.3 is 0 Å². The van der Waals surface area contributed by atoms with E-state index in [1.165, 1.54) is 4.90 Å². The van der Waals surface area contributed by atoms with Crippen molar-refractivity contribution in [1.82, 2.24) is 4.90 Å². The average molecular weight is 580 g/mol. The van der Waals surface area contributed by atoms with Crippen LogP contribution < -0.4 is 20.1 Å². The zero-order chi connectivity index (χ0) is 30.2. The van der Waals surface area contributed by atoms with Crippen molar-refractivity contribution in [3.05, 3.63) is 48.5 Å². The van der Waals surface area contributed by atoms with Crippen molar-refractivity contribution >= 4 is 29.1 Å². The molecule has 3 fully saturated rings. The Kier molecular flexibility index (Phi) is 8.22. The second-order valence-electron chi connectivity index (χ2n) is 12.1. The molecular formula is C32H41N3O7. The minimum absolute atomic E-state index is 0.159. The molecule has 0 aliphatic carbocycles. The quantitative estimate of drug-likeness (QED) is 0.369. The number of aliphatic hydroxyl groups is 1. The molecule has 3 saturated heterocycles. The highest BCUT2D eigenvalue weighted by Crippen LogP contribution is 2.63. The van der Waals surface area contributed by atoms with Gasteiger partial charge in [-0.15, -0.1) is 0 Å². The Morgan fingerprint density at radius 2 is 1.62 bits per heavy atom. The molecule has 0 aromatic heterocycles. The van der Waals surface area contributed by atoms with E-state index in [1.54, 1.807) is 55.6 Å².